The summed E-state index contributed by atoms with van der Waals surface area (Å²) in [5.41, 5.74) is 2.84. The first-order valence-electron chi connectivity index (χ1n) is 6.43. The van der Waals surface area contributed by atoms with Crippen molar-refractivity contribution >= 4 is 5.91 Å². The topological polar surface area (TPSA) is 56.8 Å². The second-order valence-electron chi connectivity index (χ2n) is 4.49. The predicted octanol–water partition coefficient (Wildman–Crippen LogP) is 2.31. The smallest absolute Gasteiger partial charge is 0.282 e. The van der Waals surface area contributed by atoms with Gasteiger partial charge in [0.1, 0.15) is 17.1 Å². The number of hydrogen-bond donors (Lipinski definition) is 1. The normalized spacial score (nSPS) is 15.3. The summed E-state index contributed by atoms with van der Waals surface area (Å²) in [6.45, 7) is 0. The maximum Gasteiger partial charge on any atom is 0.282 e. The van der Waals surface area contributed by atoms with Crippen molar-refractivity contribution in [2.45, 2.75) is 31.8 Å². The highest BCUT2D eigenvalue weighted by atomic mass is 16.7. The minimum absolute atomic E-state index is 0.115. The number of nitrogens with one attached hydrogen (secondary N) is 1. The lowest BCUT2D eigenvalue weighted by Crippen LogP contribution is -2.29. The first-order chi connectivity index (χ1) is 9.26. The van der Waals surface area contributed by atoms with Gasteiger partial charge in [-0.1, -0.05) is 18.9 Å². The summed E-state index contributed by atoms with van der Waals surface area (Å²) in [6.07, 6.45) is 4.40. The molecule has 1 saturated carbocycles. The number of benzene rings is 1. The molecular weight excluding hydrogens is 246 g/mol. The van der Waals surface area contributed by atoms with E-state index in [1.54, 1.807) is 18.2 Å². The van der Waals surface area contributed by atoms with Crippen LogP contribution in [0.5, 0.6) is 11.5 Å². The molecule has 19 heavy (non-hydrogen) atoms. The van der Waals surface area contributed by atoms with Crippen molar-refractivity contribution in [1.29, 1.82) is 0 Å². The summed E-state index contributed by atoms with van der Waals surface area (Å²) in [4.78, 5) is 17.6. The lowest BCUT2D eigenvalue weighted by molar-refractivity contribution is -0.0127. The maximum atomic E-state index is 12.2. The van der Waals surface area contributed by atoms with Gasteiger partial charge in [0.15, 0.2) is 0 Å². The van der Waals surface area contributed by atoms with E-state index in [-0.39, 0.29) is 12.0 Å². The number of hydrogen-bond acceptors (Lipinski definition) is 4. The minimum atomic E-state index is -0.346. The van der Waals surface area contributed by atoms with Crippen molar-refractivity contribution in [1.82, 2.24) is 5.48 Å². The zero-order valence-electron chi connectivity index (χ0n) is 11.3. The van der Waals surface area contributed by atoms with E-state index < -0.39 is 0 Å². The van der Waals surface area contributed by atoms with Crippen LogP contribution in [0, 0.1) is 0 Å². The summed E-state index contributed by atoms with van der Waals surface area (Å²) >= 11 is 0. The van der Waals surface area contributed by atoms with Crippen molar-refractivity contribution in [2.75, 3.05) is 14.2 Å². The van der Waals surface area contributed by atoms with E-state index in [1.807, 2.05) is 0 Å². The summed E-state index contributed by atoms with van der Waals surface area (Å²) in [7, 11) is 3.03. The summed E-state index contributed by atoms with van der Waals surface area (Å²) < 4.78 is 10.4. The van der Waals surface area contributed by atoms with Gasteiger partial charge < -0.3 is 9.47 Å². The highest BCUT2D eigenvalue weighted by Crippen LogP contribution is 2.28. The fourth-order valence-corrected chi connectivity index (χ4v) is 2.27. The zero-order valence-corrected chi connectivity index (χ0v) is 11.3. The van der Waals surface area contributed by atoms with Crippen molar-refractivity contribution in [3.63, 3.8) is 0 Å². The van der Waals surface area contributed by atoms with Crippen LogP contribution in [0.4, 0.5) is 0 Å². The second kappa shape index (κ2) is 6.43. The molecule has 5 nitrogen and oxygen atoms in total. The van der Waals surface area contributed by atoms with Gasteiger partial charge in [-0.25, -0.2) is 5.48 Å². The first-order valence-corrected chi connectivity index (χ1v) is 6.43. The Morgan fingerprint density at radius 3 is 2.26 bits per heavy atom. The number of methoxy groups -OCH3 is 2. The number of amides is 1. The van der Waals surface area contributed by atoms with E-state index in [0.29, 0.717) is 17.1 Å². The first kappa shape index (κ1) is 13.7. The monoisotopic (exact) mass is 265 g/mol. The van der Waals surface area contributed by atoms with E-state index in [9.17, 15) is 4.79 Å². The van der Waals surface area contributed by atoms with Crippen LogP contribution in [-0.2, 0) is 4.84 Å². The Balaban J connectivity index is 2.08. The van der Waals surface area contributed by atoms with Crippen LogP contribution in [0.3, 0.4) is 0 Å². The Bertz CT molecular complexity index is 419. The van der Waals surface area contributed by atoms with Gasteiger partial charge >= 0.3 is 0 Å². The third-order valence-corrected chi connectivity index (χ3v) is 3.28. The molecule has 0 unspecified atom stereocenters. The molecule has 2 rings (SSSR count). The molecule has 1 N–H and O–H groups in total. The Kier molecular flexibility index (Phi) is 4.63. The molecule has 1 aromatic rings. The fraction of sp³-hybridized carbons (Fsp3) is 0.500. The Hall–Kier alpha value is -1.75. The van der Waals surface area contributed by atoms with Gasteiger partial charge in [-0.05, 0) is 25.0 Å². The van der Waals surface area contributed by atoms with E-state index in [4.69, 9.17) is 14.3 Å². The average molecular weight is 265 g/mol. The molecule has 0 aliphatic heterocycles. The van der Waals surface area contributed by atoms with Crippen LogP contribution in [-0.4, -0.2) is 26.2 Å². The predicted molar refractivity (Wildman–Crippen MR) is 70.4 cm³/mol. The van der Waals surface area contributed by atoms with Gasteiger partial charge in [0, 0.05) is 0 Å². The van der Waals surface area contributed by atoms with E-state index >= 15 is 0 Å². The van der Waals surface area contributed by atoms with Crippen LogP contribution >= 0.6 is 0 Å². The molecule has 1 aliphatic rings. The number of rotatable bonds is 5. The van der Waals surface area contributed by atoms with Crippen LogP contribution in [0.2, 0.25) is 0 Å². The lowest BCUT2D eigenvalue weighted by Gasteiger charge is -2.15. The minimum Gasteiger partial charge on any atom is -0.496 e. The largest absolute Gasteiger partial charge is 0.496 e. The Morgan fingerprint density at radius 2 is 1.74 bits per heavy atom. The second-order valence-corrected chi connectivity index (χ2v) is 4.49. The molecule has 0 radical (unpaired) electrons. The van der Waals surface area contributed by atoms with Crippen LogP contribution in [0.25, 0.3) is 0 Å². The maximum absolute atomic E-state index is 12.2. The van der Waals surface area contributed by atoms with Gasteiger partial charge in [-0.2, -0.15) is 0 Å². The SMILES string of the molecule is COc1cccc(OC)c1C(=O)NOC1CCCC1. The van der Waals surface area contributed by atoms with Gasteiger partial charge in [-0.3, -0.25) is 9.63 Å². The average Bonchev–Trinajstić information content (AvgIpc) is 2.97. The van der Waals surface area contributed by atoms with Crippen molar-refractivity contribution in [3.8, 4) is 11.5 Å². The highest BCUT2D eigenvalue weighted by molar-refractivity contribution is 5.99. The molecule has 1 aromatic carbocycles. The zero-order chi connectivity index (χ0) is 13.7. The van der Waals surface area contributed by atoms with Crippen molar-refractivity contribution < 1.29 is 19.1 Å². The fourth-order valence-electron chi connectivity index (χ4n) is 2.27. The molecule has 1 fully saturated rings. The van der Waals surface area contributed by atoms with Crippen LogP contribution < -0.4 is 15.0 Å². The number of ether oxygens (including phenoxy) is 2. The molecule has 0 heterocycles. The quantitative estimate of drug-likeness (QED) is 0.830. The third-order valence-electron chi connectivity index (χ3n) is 3.28. The van der Waals surface area contributed by atoms with Crippen LogP contribution in [0.1, 0.15) is 36.0 Å². The van der Waals surface area contributed by atoms with Gasteiger partial charge in [0.25, 0.3) is 5.91 Å². The molecule has 0 aromatic heterocycles. The molecule has 0 bridgehead atoms. The van der Waals surface area contributed by atoms with Crippen LogP contribution in [0.15, 0.2) is 18.2 Å². The number of carbonyl (C=O) groups is 1. The standard InChI is InChI=1S/C14H19NO4/c1-17-11-8-5-9-12(18-2)13(11)14(16)15-19-10-6-3-4-7-10/h5,8-10H,3-4,6-7H2,1-2H3,(H,15,16). The summed E-state index contributed by atoms with van der Waals surface area (Å²) in [5.74, 6) is 0.583. The molecule has 0 spiro atoms. The van der Waals surface area contributed by atoms with Gasteiger partial charge in [0.05, 0.1) is 20.3 Å². The van der Waals surface area contributed by atoms with E-state index in [1.165, 1.54) is 14.2 Å². The van der Waals surface area contributed by atoms with Gasteiger partial charge in [0.2, 0.25) is 0 Å². The van der Waals surface area contributed by atoms with Crippen molar-refractivity contribution in [2.24, 2.45) is 0 Å². The summed E-state index contributed by atoms with van der Waals surface area (Å²) in [6, 6.07) is 5.20. The molecule has 5 heteroatoms. The van der Waals surface area contributed by atoms with Gasteiger partial charge in [-0.15, -0.1) is 0 Å². The van der Waals surface area contributed by atoms with E-state index in [0.717, 1.165) is 25.7 Å². The lowest BCUT2D eigenvalue weighted by atomic mass is 10.1. The molecule has 0 atom stereocenters. The highest BCUT2D eigenvalue weighted by Gasteiger charge is 2.21. The molecule has 1 amide bonds. The Labute approximate surface area is 112 Å². The third kappa shape index (κ3) is 3.17. The van der Waals surface area contributed by atoms with E-state index in [2.05, 4.69) is 5.48 Å². The molecule has 0 saturated heterocycles. The molecule has 104 valence electrons. The molecule has 1 aliphatic carbocycles. The summed E-state index contributed by atoms with van der Waals surface area (Å²) in [5, 5.41) is 0. The number of carbonyl (C=O) groups excluding carboxylic acids is 1. The number of hydroxylamine groups is 1. The Morgan fingerprint density at radius 1 is 1.16 bits per heavy atom. The van der Waals surface area contributed by atoms with Crippen molar-refractivity contribution in [3.05, 3.63) is 23.8 Å². The molecular formula is C14H19NO4.